The lowest BCUT2D eigenvalue weighted by Gasteiger charge is -2.44. The van der Waals surface area contributed by atoms with E-state index in [-0.39, 0.29) is 6.61 Å². The van der Waals surface area contributed by atoms with Crippen molar-refractivity contribution in [1.29, 1.82) is 0 Å². The summed E-state index contributed by atoms with van der Waals surface area (Å²) in [6.45, 7) is 4.58. The van der Waals surface area contributed by atoms with E-state index in [4.69, 9.17) is 9.47 Å². The third kappa shape index (κ3) is 3.31. The Hall–Kier alpha value is -0.900. The maximum absolute atomic E-state index is 9.39. The summed E-state index contributed by atoms with van der Waals surface area (Å²) in [5.41, 5.74) is 0.811. The summed E-state index contributed by atoms with van der Waals surface area (Å²) in [5.74, 6) is -0.592. The number of rotatable bonds is 4. The molecule has 0 amide bonds. The van der Waals surface area contributed by atoms with Crippen molar-refractivity contribution in [2.24, 2.45) is 0 Å². The lowest BCUT2D eigenvalue weighted by molar-refractivity contribution is -0.322. The van der Waals surface area contributed by atoms with E-state index in [0.29, 0.717) is 6.61 Å². The number of hydrogen-bond donors (Lipinski definition) is 1. The van der Waals surface area contributed by atoms with Crippen LogP contribution in [0.25, 0.3) is 0 Å². The van der Waals surface area contributed by atoms with Crippen molar-refractivity contribution in [2.45, 2.75) is 44.5 Å². The first kappa shape index (κ1) is 13.5. The van der Waals surface area contributed by atoms with E-state index in [2.05, 4.69) is 12.1 Å². The van der Waals surface area contributed by atoms with Gasteiger partial charge in [0.15, 0.2) is 5.79 Å². The van der Waals surface area contributed by atoms with Gasteiger partial charge in [-0.25, -0.2) is 0 Å². The predicted octanol–water partition coefficient (Wildman–Crippen LogP) is 2.52. The molecule has 0 radical (unpaired) electrons. The third-order valence-corrected chi connectivity index (χ3v) is 3.55. The molecule has 0 aromatic heterocycles. The van der Waals surface area contributed by atoms with Gasteiger partial charge in [0.2, 0.25) is 0 Å². The van der Waals surface area contributed by atoms with Gasteiger partial charge in [-0.1, -0.05) is 30.3 Å². The smallest absolute Gasteiger partial charge is 0.166 e. The van der Waals surface area contributed by atoms with Crippen molar-refractivity contribution in [3.05, 3.63) is 35.9 Å². The average Bonchev–Trinajstić information content (AvgIpc) is 2.38. The van der Waals surface area contributed by atoms with E-state index < -0.39 is 11.4 Å². The maximum Gasteiger partial charge on any atom is 0.166 e. The molecule has 2 atom stereocenters. The van der Waals surface area contributed by atoms with Gasteiger partial charge in [-0.15, -0.1) is 0 Å². The van der Waals surface area contributed by atoms with E-state index in [9.17, 15) is 5.11 Å². The molecule has 3 nitrogen and oxygen atoms in total. The SMILES string of the molecule is C[C@@]1(CO)CCO[C@@](C)(CCc2ccccc2)O1. The molecule has 0 spiro atoms. The van der Waals surface area contributed by atoms with Gasteiger partial charge in [0.1, 0.15) is 0 Å². The highest BCUT2D eigenvalue weighted by Gasteiger charge is 2.40. The van der Waals surface area contributed by atoms with Gasteiger partial charge >= 0.3 is 0 Å². The summed E-state index contributed by atoms with van der Waals surface area (Å²) < 4.78 is 11.7. The molecule has 2 rings (SSSR count). The van der Waals surface area contributed by atoms with E-state index in [1.54, 1.807) is 0 Å². The van der Waals surface area contributed by atoms with E-state index in [1.807, 2.05) is 32.0 Å². The summed E-state index contributed by atoms with van der Waals surface area (Å²) in [7, 11) is 0. The van der Waals surface area contributed by atoms with Crippen LogP contribution in [0.15, 0.2) is 30.3 Å². The van der Waals surface area contributed by atoms with Gasteiger partial charge in [0, 0.05) is 12.8 Å². The Labute approximate surface area is 109 Å². The molecule has 1 aliphatic heterocycles. The lowest BCUT2D eigenvalue weighted by Crippen LogP contribution is -2.50. The molecule has 3 heteroatoms. The number of ether oxygens (including phenoxy) is 2. The summed E-state index contributed by atoms with van der Waals surface area (Å²) in [5, 5.41) is 9.39. The third-order valence-electron chi connectivity index (χ3n) is 3.55. The van der Waals surface area contributed by atoms with E-state index in [0.717, 1.165) is 19.3 Å². The Morgan fingerprint density at radius 2 is 1.94 bits per heavy atom. The fourth-order valence-corrected chi connectivity index (χ4v) is 2.34. The zero-order valence-electron chi connectivity index (χ0n) is 11.2. The van der Waals surface area contributed by atoms with Crippen LogP contribution in [0.1, 0.15) is 32.3 Å². The average molecular weight is 250 g/mol. The summed E-state index contributed by atoms with van der Waals surface area (Å²) in [6, 6.07) is 10.3. The number of aliphatic hydroxyl groups is 1. The molecule has 1 aromatic carbocycles. The highest BCUT2D eigenvalue weighted by Crippen LogP contribution is 2.33. The summed E-state index contributed by atoms with van der Waals surface area (Å²) in [4.78, 5) is 0. The van der Waals surface area contributed by atoms with Gasteiger partial charge in [0.25, 0.3) is 0 Å². The normalized spacial score (nSPS) is 32.4. The molecule has 1 heterocycles. The van der Waals surface area contributed by atoms with E-state index >= 15 is 0 Å². The Kier molecular flexibility index (Phi) is 4.05. The molecule has 100 valence electrons. The van der Waals surface area contributed by atoms with Crippen LogP contribution in [0.5, 0.6) is 0 Å². The second-order valence-electron chi connectivity index (χ2n) is 5.43. The number of hydrogen-bond acceptors (Lipinski definition) is 3. The first-order chi connectivity index (χ1) is 8.55. The molecule has 0 aliphatic carbocycles. The Bertz CT molecular complexity index is 379. The van der Waals surface area contributed by atoms with Crippen LogP contribution >= 0.6 is 0 Å². The molecule has 1 aromatic rings. The van der Waals surface area contributed by atoms with Gasteiger partial charge in [-0.05, 0) is 25.8 Å². The first-order valence-corrected chi connectivity index (χ1v) is 6.54. The number of aryl methyl sites for hydroxylation is 1. The van der Waals surface area contributed by atoms with Crippen LogP contribution in [0.3, 0.4) is 0 Å². The van der Waals surface area contributed by atoms with E-state index in [1.165, 1.54) is 5.56 Å². The van der Waals surface area contributed by atoms with Crippen LogP contribution in [-0.2, 0) is 15.9 Å². The molecule has 0 unspecified atom stereocenters. The van der Waals surface area contributed by atoms with Crippen molar-refractivity contribution < 1.29 is 14.6 Å². The van der Waals surface area contributed by atoms with Gasteiger partial charge in [-0.2, -0.15) is 0 Å². The highest BCUT2D eigenvalue weighted by molar-refractivity contribution is 5.14. The van der Waals surface area contributed by atoms with Crippen LogP contribution < -0.4 is 0 Å². The second kappa shape index (κ2) is 5.39. The predicted molar refractivity (Wildman–Crippen MR) is 70.3 cm³/mol. The fraction of sp³-hybridized carbons (Fsp3) is 0.600. The van der Waals surface area contributed by atoms with Gasteiger partial charge < -0.3 is 14.6 Å². The molecule has 1 aliphatic rings. The van der Waals surface area contributed by atoms with Crippen LogP contribution in [0, 0.1) is 0 Å². The summed E-state index contributed by atoms with van der Waals surface area (Å²) >= 11 is 0. The highest BCUT2D eigenvalue weighted by atomic mass is 16.7. The largest absolute Gasteiger partial charge is 0.393 e. The zero-order chi connectivity index (χ0) is 13.1. The number of benzene rings is 1. The fourth-order valence-electron chi connectivity index (χ4n) is 2.34. The molecule has 1 saturated heterocycles. The standard InChI is InChI=1S/C15H22O3/c1-14(12-16)10-11-17-15(2,18-14)9-8-13-6-4-3-5-7-13/h3-7,16H,8-12H2,1-2H3/t14-,15+/m0/s1. The molecule has 1 N–H and O–H groups in total. The van der Waals surface area contributed by atoms with Gasteiger partial charge in [0.05, 0.1) is 18.8 Å². The van der Waals surface area contributed by atoms with Crippen molar-refractivity contribution in [3.8, 4) is 0 Å². The maximum atomic E-state index is 9.39. The van der Waals surface area contributed by atoms with Crippen molar-refractivity contribution in [1.82, 2.24) is 0 Å². The molecule has 18 heavy (non-hydrogen) atoms. The van der Waals surface area contributed by atoms with Crippen molar-refractivity contribution in [3.63, 3.8) is 0 Å². The molecule has 1 fully saturated rings. The minimum atomic E-state index is -0.592. The molecule has 0 bridgehead atoms. The molecular weight excluding hydrogens is 228 g/mol. The minimum absolute atomic E-state index is 0.0390. The first-order valence-electron chi connectivity index (χ1n) is 6.54. The van der Waals surface area contributed by atoms with Gasteiger partial charge in [-0.3, -0.25) is 0 Å². The Morgan fingerprint density at radius 3 is 2.61 bits per heavy atom. The molecule has 0 saturated carbocycles. The topological polar surface area (TPSA) is 38.7 Å². The summed E-state index contributed by atoms with van der Waals surface area (Å²) in [6.07, 6.45) is 2.45. The lowest BCUT2D eigenvalue weighted by atomic mass is 9.99. The quantitative estimate of drug-likeness (QED) is 0.892. The van der Waals surface area contributed by atoms with Crippen LogP contribution in [0.2, 0.25) is 0 Å². The molecular formula is C15H22O3. The monoisotopic (exact) mass is 250 g/mol. The second-order valence-corrected chi connectivity index (χ2v) is 5.43. The Balaban J connectivity index is 1.95. The number of aliphatic hydroxyl groups excluding tert-OH is 1. The van der Waals surface area contributed by atoms with Crippen molar-refractivity contribution >= 4 is 0 Å². The van der Waals surface area contributed by atoms with Crippen LogP contribution in [0.4, 0.5) is 0 Å². The van der Waals surface area contributed by atoms with Crippen molar-refractivity contribution in [2.75, 3.05) is 13.2 Å². The van der Waals surface area contributed by atoms with Crippen LogP contribution in [-0.4, -0.2) is 29.7 Å². The zero-order valence-corrected chi connectivity index (χ0v) is 11.2. The Morgan fingerprint density at radius 1 is 1.22 bits per heavy atom. The minimum Gasteiger partial charge on any atom is -0.393 e.